The number of hydrogen-bond donors (Lipinski definition) is 0. The molecule has 14 heavy (non-hydrogen) atoms. The molecular formula is C11H15NO2. The van der Waals surface area contributed by atoms with Crippen LogP contribution in [0, 0.1) is 0 Å². The Morgan fingerprint density at radius 3 is 2.86 bits per heavy atom. The monoisotopic (exact) mass is 193 g/mol. The van der Waals surface area contributed by atoms with Crippen LogP contribution in [-0.2, 0) is 9.53 Å². The summed E-state index contributed by atoms with van der Waals surface area (Å²) >= 11 is 0. The predicted molar refractivity (Wildman–Crippen MR) is 53.9 cm³/mol. The van der Waals surface area contributed by atoms with Crippen LogP contribution in [0.2, 0.25) is 0 Å². The number of carbonyl (C=O) groups is 1. The van der Waals surface area contributed by atoms with E-state index in [1.807, 2.05) is 26.0 Å². The summed E-state index contributed by atoms with van der Waals surface area (Å²) in [4.78, 5) is 15.5. The van der Waals surface area contributed by atoms with E-state index in [1.54, 1.807) is 12.4 Å². The van der Waals surface area contributed by atoms with Gasteiger partial charge < -0.3 is 4.74 Å². The molecular weight excluding hydrogens is 178 g/mol. The van der Waals surface area contributed by atoms with E-state index in [4.69, 9.17) is 4.74 Å². The lowest BCUT2D eigenvalue weighted by Crippen LogP contribution is -2.15. The van der Waals surface area contributed by atoms with Gasteiger partial charge >= 0.3 is 5.97 Å². The molecule has 1 aromatic rings. The lowest BCUT2D eigenvalue weighted by atomic mass is 9.98. The number of hydrogen-bond acceptors (Lipinski definition) is 3. The molecule has 0 aliphatic rings. The SMILES string of the molecule is CCOC(=O)C(CC)c1cccnc1. The van der Waals surface area contributed by atoms with Gasteiger partial charge in [-0.2, -0.15) is 0 Å². The lowest BCUT2D eigenvalue weighted by Gasteiger charge is -2.12. The first kappa shape index (κ1) is 10.7. The van der Waals surface area contributed by atoms with Crippen LogP contribution in [-0.4, -0.2) is 17.6 Å². The highest BCUT2D eigenvalue weighted by molar-refractivity contribution is 5.77. The van der Waals surface area contributed by atoms with Crippen LogP contribution < -0.4 is 0 Å². The van der Waals surface area contributed by atoms with E-state index in [2.05, 4.69) is 4.98 Å². The Morgan fingerprint density at radius 1 is 1.57 bits per heavy atom. The Kier molecular flexibility index (Phi) is 4.11. The highest BCUT2D eigenvalue weighted by Crippen LogP contribution is 2.19. The largest absolute Gasteiger partial charge is 0.466 e. The van der Waals surface area contributed by atoms with Crippen molar-refractivity contribution in [2.75, 3.05) is 6.61 Å². The molecule has 0 amide bonds. The first-order valence-electron chi connectivity index (χ1n) is 4.86. The van der Waals surface area contributed by atoms with Gasteiger partial charge in [-0.15, -0.1) is 0 Å². The smallest absolute Gasteiger partial charge is 0.313 e. The maximum Gasteiger partial charge on any atom is 0.313 e. The number of rotatable bonds is 4. The minimum atomic E-state index is -0.177. The van der Waals surface area contributed by atoms with Gasteiger partial charge in [0.2, 0.25) is 0 Å². The molecule has 0 bridgehead atoms. The molecule has 0 saturated carbocycles. The Bertz CT molecular complexity index is 285. The van der Waals surface area contributed by atoms with E-state index in [-0.39, 0.29) is 11.9 Å². The number of aromatic nitrogens is 1. The van der Waals surface area contributed by atoms with E-state index < -0.39 is 0 Å². The summed E-state index contributed by atoms with van der Waals surface area (Å²) in [6.07, 6.45) is 4.15. The third-order valence-corrected chi connectivity index (χ3v) is 2.07. The van der Waals surface area contributed by atoms with Crippen LogP contribution >= 0.6 is 0 Å². The molecule has 1 atom stereocenters. The molecule has 0 saturated heterocycles. The fourth-order valence-electron chi connectivity index (χ4n) is 1.36. The van der Waals surface area contributed by atoms with Crippen molar-refractivity contribution in [3.05, 3.63) is 30.1 Å². The quantitative estimate of drug-likeness (QED) is 0.688. The minimum absolute atomic E-state index is 0.164. The zero-order valence-electron chi connectivity index (χ0n) is 8.56. The van der Waals surface area contributed by atoms with Gasteiger partial charge in [0, 0.05) is 12.4 Å². The fourth-order valence-corrected chi connectivity index (χ4v) is 1.36. The second kappa shape index (κ2) is 5.37. The van der Waals surface area contributed by atoms with Gasteiger partial charge in [0.25, 0.3) is 0 Å². The van der Waals surface area contributed by atoms with Crippen molar-refractivity contribution >= 4 is 5.97 Å². The van der Waals surface area contributed by atoms with Crippen molar-refractivity contribution in [3.8, 4) is 0 Å². The van der Waals surface area contributed by atoms with E-state index in [0.717, 1.165) is 12.0 Å². The maximum atomic E-state index is 11.5. The molecule has 0 aliphatic carbocycles. The van der Waals surface area contributed by atoms with Crippen LogP contribution in [0.5, 0.6) is 0 Å². The molecule has 0 fully saturated rings. The van der Waals surface area contributed by atoms with E-state index in [0.29, 0.717) is 6.61 Å². The topological polar surface area (TPSA) is 39.2 Å². The van der Waals surface area contributed by atoms with Gasteiger partial charge in [-0.05, 0) is 25.0 Å². The highest BCUT2D eigenvalue weighted by atomic mass is 16.5. The second-order valence-corrected chi connectivity index (χ2v) is 3.00. The number of carbonyl (C=O) groups excluding carboxylic acids is 1. The summed E-state index contributed by atoms with van der Waals surface area (Å²) in [5, 5.41) is 0. The third-order valence-electron chi connectivity index (χ3n) is 2.07. The van der Waals surface area contributed by atoms with Crippen LogP contribution in [0.1, 0.15) is 31.7 Å². The summed E-state index contributed by atoms with van der Waals surface area (Å²) in [5.41, 5.74) is 0.924. The predicted octanol–water partition coefficient (Wildman–Crippen LogP) is 2.14. The van der Waals surface area contributed by atoms with Crippen molar-refractivity contribution < 1.29 is 9.53 Å². The number of ether oxygens (including phenoxy) is 1. The molecule has 0 aliphatic heterocycles. The van der Waals surface area contributed by atoms with Gasteiger partial charge in [-0.1, -0.05) is 13.0 Å². The third kappa shape index (κ3) is 2.55. The summed E-state index contributed by atoms with van der Waals surface area (Å²) in [5.74, 6) is -0.341. The molecule has 1 unspecified atom stereocenters. The maximum absolute atomic E-state index is 11.5. The standard InChI is InChI=1S/C11H15NO2/c1-3-10(11(13)14-4-2)9-6-5-7-12-8-9/h5-8,10H,3-4H2,1-2H3. The summed E-state index contributed by atoms with van der Waals surface area (Å²) in [6.45, 7) is 4.21. The van der Waals surface area contributed by atoms with Crippen molar-refractivity contribution in [2.45, 2.75) is 26.2 Å². The molecule has 0 radical (unpaired) electrons. The van der Waals surface area contributed by atoms with E-state index in [1.165, 1.54) is 0 Å². The molecule has 3 heteroatoms. The molecule has 76 valence electrons. The van der Waals surface area contributed by atoms with Crippen LogP contribution in [0.25, 0.3) is 0 Å². The molecule has 0 N–H and O–H groups in total. The molecule has 1 rings (SSSR count). The van der Waals surface area contributed by atoms with Crippen LogP contribution in [0.3, 0.4) is 0 Å². The zero-order valence-corrected chi connectivity index (χ0v) is 8.56. The van der Waals surface area contributed by atoms with Gasteiger partial charge in [-0.25, -0.2) is 0 Å². The first-order chi connectivity index (χ1) is 6.79. The average Bonchev–Trinajstić information content (AvgIpc) is 2.21. The van der Waals surface area contributed by atoms with Gasteiger partial charge in [0.15, 0.2) is 0 Å². The van der Waals surface area contributed by atoms with E-state index in [9.17, 15) is 4.79 Å². The van der Waals surface area contributed by atoms with Crippen molar-refractivity contribution in [1.29, 1.82) is 0 Å². The molecule has 0 spiro atoms. The van der Waals surface area contributed by atoms with Gasteiger partial charge in [-0.3, -0.25) is 9.78 Å². The van der Waals surface area contributed by atoms with Gasteiger partial charge in [0.1, 0.15) is 0 Å². The second-order valence-electron chi connectivity index (χ2n) is 3.00. The minimum Gasteiger partial charge on any atom is -0.466 e. The lowest BCUT2D eigenvalue weighted by molar-refractivity contribution is -0.145. The van der Waals surface area contributed by atoms with Crippen LogP contribution in [0.4, 0.5) is 0 Å². The van der Waals surface area contributed by atoms with Gasteiger partial charge in [0.05, 0.1) is 12.5 Å². The Hall–Kier alpha value is -1.38. The Morgan fingerprint density at radius 2 is 2.36 bits per heavy atom. The number of pyridine rings is 1. The first-order valence-corrected chi connectivity index (χ1v) is 4.86. The highest BCUT2D eigenvalue weighted by Gasteiger charge is 2.19. The van der Waals surface area contributed by atoms with Crippen molar-refractivity contribution in [1.82, 2.24) is 4.98 Å². The molecule has 3 nitrogen and oxygen atoms in total. The molecule has 1 aromatic heterocycles. The summed E-state index contributed by atoms with van der Waals surface area (Å²) in [7, 11) is 0. The normalized spacial score (nSPS) is 12.1. The van der Waals surface area contributed by atoms with Crippen LogP contribution in [0.15, 0.2) is 24.5 Å². The average molecular weight is 193 g/mol. The molecule has 1 heterocycles. The molecule has 0 aromatic carbocycles. The summed E-state index contributed by atoms with van der Waals surface area (Å²) in [6, 6.07) is 3.73. The Balaban J connectivity index is 2.77. The fraction of sp³-hybridized carbons (Fsp3) is 0.455. The number of esters is 1. The van der Waals surface area contributed by atoms with Crippen molar-refractivity contribution in [2.24, 2.45) is 0 Å². The summed E-state index contributed by atoms with van der Waals surface area (Å²) < 4.78 is 4.98. The zero-order chi connectivity index (χ0) is 10.4. The van der Waals surface area contributed by atoms with E-state index >= 15 is 0 Å². The number of nitrogens with zero attached hydrogens (tertiary/aromatic N) is 1. The van der Waals surface area contributed by atoms with Crippen molar-refractivity contribution in [3.63, 3.8) is 0 Å². The Labute approximate surface area is 84.1 Å².